The number of aliphatic carboxylic acids is 1. The van der Waals surface area contributed by atoms with Crippen LogP contribution in [0.15, 0.2) is 93.9 Å². The number of allylic oxidation sites excluding steroid dienone is 3. The molecular formula is C61H89N2O18S+. The zero-order valence-corrected chi connectivity index (χ0v) is 49.6. The van der Waals surface area contributed by atoms with Gasteiger partial charge in [0.1, 0.15) is 24.7 Å². The molecule has 0 aromatic heterocycles. The van der Waals surface area contributed by atoms with Crippen molar-refractivity contribution >= 4 is 27.9 Å². The van der Waals surface area contributed by atoms with Gasteiger partial charge in [-0.15, -0.1) is 0 Å². The molecule has 2 aromatic rings. The van der Waals surface area contributed by atoms with Crippen molar-refractivity contribution < 1.29 is 84.1 Å². The largest absolute Gasteiger partial charge is 0.481 e. The second-order valence-electron chi connectivity index (χ2n) is 19.7. The molecule has 5 rings (SSSR count). The number of carbonyl (C=O) groups is 1. The number of methoxy groups -OCH3 is 2. The van der Waals surface area contributed by atoms with Crippen LogP contribution in [0.1, 0.15) is 56.4 Å². The topological polar surface area (TPSA) is 222 Å². The summed E-state index contributed by atoms with van der Waals surface area (Å²) in [6, 6.07) is 21.2. The fourth-order valence-electron chi connectivity index (χ4n) is 9.13. The zero-order valence-electron chi connectivity index (χ0n) is 48.8. The maximum atomic E-state index is 12.3. The highest BCUT2D eigenvalue weighted by Crippen LogP contribution is 2.49. The molecule has 0 radical (unpaired) electrons. The molecule has 2 aliphatic heterocycles. The molecule has 21 heteroatoms. The Kier molecular flexibility index (Phi) is 32.1. The van der Waals surface area contributed by atoms with Gasteiger partial charge < -0.3 is 71.3 Å². The van der Waals surface area contributed by atoms with E-state index >= 15 is 0 Å². The van der Waals surface area contributed by atoms with Crippen LogP contribution in [0.3, 0.4) is 0 Å². The lowest BCUT2D eigenvalue weighted by Gasteiger charge is -2.27. The van der Waals surface area contributed by atoms with E-state index in [0.29, 0.717) is 196 Å². The van der Waals surface area contributed by atoms with Crippen LogP contribution in [-0.4, -0.2) is 203 Å². The lowest BCUT2D eigenvalue weighted by atomic mass is 9.83. The van der Waals surface area contributed by atoms with Gasteiger partial charge in [-0.25, -0.2) is 4.58 Å². The lowest BCUT2D eigenvalue weighted by molar-refractivity contribution is -0.137. The van der Waals surface area contributed by atoms with E-state index in [-0.39, 0.29) is 11.3 Å². The third kappa shape index (κ3) is 24.0. The molecule has 0 unspecified atom stereocenters. The van der Waals surface area contributed by atoms with Crippen LogP contribution in [0.2, 0.25) is 0 Å². The SMILES string of the molecule is COCCOCCOCCOCCOCCOCC[N+](CCOCCOCCOCCOCCOCCOC)=c1ccc2c(-c3ccccc3)c(C)c(C=CC=C3N(CCCCCC(=O)O)c4ccc(S(=O)(=O)O)cc4C3(C)C)oc-2c1. The Balaban J connectivity index is 1.30. The second-order valence-corrected chi connectivity index (χ2v) is 21.1. The van der Waals surface area contributed by atoms with Crippen LogP contribution in [0.5, 0.6) is 0 Å². The van der Waals surface area contributed by atoms with Crippen molar-refractivity contribution in [1.82, 2.24) is 4.58 Å². The summed E-state index contributed by atoms with van der Waals surface area (Å²) >= 11 is 0. The molecule has 0 amide bonds. The van der Waals surface area contributed by atoms with Crippen LogP contribution in [0.4, 0.5) is 5.69 Å². The monoisotopic (exact) mass is 1170 g/mol. The molecule has 2 N–H and O–H groups in total. The minimum Gasteiger partial charge on any atom is -0.481 e. The quantitative estimate of drug-likeness (QED) is 0.0254. The van der Waals surface area contributed by atoms with E-state index in [1.165, 1.54) is 12.1 Å². The Bertz CT molecular complexity index is 2620. The number of fused-ring (bicyclic) bond motifs is 2. The Morgan fingerprint density at radius 1 is 0.622 bits per heavy atom. The number of unbranched alkanes of at least 4 members (excludes halogenated alkanes) is 2. The minimum absolute atomic E-state index is 0.0900. The van der Waals surface area contributed by atoms with Gasteiger partial charge in [0, 0.05) is 61.2 Å². The van der Waals surface area contributed by atoms with Crippen molar-refractivity contribution in [2.45, 2.75) is 56.8 Å². The number of carboxylic acid groups (broad SMARTS) is 1. The summed E-state index contributed by atoms with van der Waals surface area (Å²) in [6.45, 7) is 18.2. The van der Waals surface area contributed by atoms with E-state index < -0.39 is 21.5 Å². The zero-order chi connectivity index (χ0) is 58.7. The van der Waals surface area contributed by atoms with Crippen molar-refractivity contribution in [3.8, 4) is 22.5 Å². The normalized spacial score (nSPS) is 13.8. The number of carboxylic acids is 1. The molecule has 0 spiro atoms. The number of hydrogen-bond donors (Lipinski definition) is 2. The molecule has 0 fully saturated rings. The Hall–Kier alpha value is -4.95. The maximum absolute atomic E-state index is 12.3. The average molecular weight is 1170 g/mol. The summed E-state index contributed by atoms with van der Waals surface area (Å²) in [5.74, 6) is 0.499. The first-order valence-corrected chi connectivity index (χ1v) is 29.8. The maximum Gasteiger partial charge on any atom is 0.303 e. The van der Waals surface area contributed by atoms with Crippen LogP contribution in [0, 0.1) is 6.92 Å². The summed E-state index contributed by atoms with van der Waals surface area (Å²) in [6.07, 6.45) is 7.98. The standard InChI is InChI=1S/C61H88N2O18S/c1-49-56(15-12-16-58-61(2,3)54-48-52(82(66,67)68)19-21-55(54)63(58)22-11-7-10-17-59(64)65)81-57-47-51(18-20-53(57)60(49)50-13-8-6-9-14-50)62(23-25-71-31-33-75-39-41-79-45-43-77-37-35-73-29-27-69-4)24-26-72-32-34-76-40-42-80-46-44-78-38-36-74-30-28-70-5/h6,8-9,12-16,18-21,47-48H,7,10-11,17,22-46H2,1-5H3,(H-,64,65,66,67,68)/p+1. The third-order valence-electron chi connectivity index (χ3n) is 13.4. The van der Waals surface area contributed by atoms with Gasteiger partial charge >= 0.3 is 5.97 Å². The predicted octanol–water partition coefficient (Wildman–Crippen LogP) is 7.18. The molecule has 3 aliphatic rings. The van der Waals surface area contributed by atoms with Crippen molar-refractivity contribution in [2.75, 3.05) is 184 Å². The third-order valence-corrected chi connectivity index (χ3v) is 14.3. The summed E-state index contributed by atoms with van der Waals surface area (Å²) in [5, 5.41) is 10.2. The molecule has 2 aromatic carbocycles. The van der Waals surface area contributed by atoms with Crippen molar-refractivity contribution in [3.63, 3.8) is 0 Å². The fourth-order valence-corrected chi connectivity index (χ4v) is 9.63. The smallest absolute Gasteiger partial charge is 0.303 e. The molecule has 82 heavy (non-hydrogen) atoms. The first-order valence-electron chi connectivity index (χ1n) is 28.3. The van der Waals surface area contributed by atoms with Gasteiger partial charge in [0.05, 0.1) is 143 Å². The summed E-state index contributed by atoms with van der Waals surface area (Å²) in [4.78, 5) is 13.2. The number of benzene rings is 3. The molecular weight excluding hydrogens is 1080 g/mol. The molecule has 0 bridgehead atoms. The van der Waals surface area contributed by atoms with Crippen LogP contribution in [-0.2, 0) is 77.2 Å². The van der Waals surface area contributed by atoms with Crippen LogP contribution < -0.4 is 14.8 Å². The van der Waals surface area contributed by atoms with Crippen LogP contribution >= 0.6 is 0 Å². The number of rotatable bonds is 46. The lowest BCUT2D eigenvalue weighted by Crippen LogP contribution is -2.36. The highest BCUT2D eigenvalue weighted by Gasteiger charge is 2.40. The van der Waals surface area contributed by atoms with E-state index in [1.54, 1.807) is 20.3 Å². The van der Waals surface area contributed by atoms with Gasteiger partial charge in [-0.05, 0) is 72.9 Å². The highest BCUT2D eigenvalue weighted by atomic mass is 32.2. The molecule has 2 heterocycles. The van der Waals surface area contributed by atoms with Gasteiger partial charge in [0.15, 0.2) is 13.1 Å². The van der Waals surface area contributed by atoms with E-state index in [1.807, 2.05) is 50.3 Å². The number of anilines is 1. The summed E-state index contributed by atoms with van der Waals surface area (Å²) in [5.41, 5.74) is 5.80. The molecule has 0 saturated carbocycles. The average Bonchev–Trinajstić information content (AvgIpc) is 2.51. The first kappa shape index (κ1) is 67.8. The minimum atomic E-state index is -4.45. The van der Waals surface area contributed by atoms with Gasteiger partial charge in [0.25, 0.3) is 10.1 Å². The summed E-state index contributed by atoms with van der Waals surface area (Å²) < 4.78 is 110. The summed E-state index contributed by atoms with van der Waals surface area (Å²) in [7, 11) is -1.18. The van der Waals surface area contributed by atoms with Gasteiger partial charge in [-0.1, -0.05) is 56.7 Å². The van der Waals surface area contributed by atoms with E-state index in [4.69, 9.17) is 61.3 Å². The van der Waals surface area contributed by atoms with Crippen molar-refractivity contribution in [2.24, 2.45) is 0 Å². The van der Waals surface area contributed by atoms with Crippen LogP contribution in [0.25, 0.3) is 28.5 Å². The molecule has 20 nitrogen and oxygen atoms in total. The molecule has 1 aliphatic carbocycles. The van der Waals surface area contributed by atoms with E-state index in [2.05, 4.69) is 46.7 Å². The fraction of sp³-hybridized carbons (Fsp3) is 0.574. The van der Waals surface area contributed by atoms with Gasteiger partial charge in [0.2, 0.25) is 5.36 Å². The number of nitrogens with zero attached hydrogens (tertiary/aromatic N) is 2. The highest BCUT2D eigenvalue weighted by molar-refractivity contribution is 7.85. The number of ether oxygens (including phenoxy) is 12. The molecule has 0 atom stereocenters. The second kappa shape index (κ2) is 38.8. The first-order chi connectivity index (χ1) is 39.9. The Morgan fingerprint density at radius 2 is 1.11 bits per heavy atom. The molecule has 0 saturated heterocycles. The predicted molar refractivity (Wildman–Crippen MR) is 312 cm³/mol. The number of hydrogen-bond acceptors (Lipinski definition) is 17. The molecule has 456 valence electrons. The van der Waals surface area contributed by atoms with E-state index in [0.717, 1.165) is 44.6 Å². The van der Waals surface area contributed by atoms with Crippen molar-refractivity contribution in [3.05, 3.63) is 107 Å². The van der Waals surface area contributed by atoms with E-state index in [9.17, 15) is 22.9 Å². The Morgan fingerprint density at radius 3 is 1.59 bits per heavy atom. The van der Waals surface area contributed by atoms with Gasteiger partial charge in [-0.2, -0.15) is 8.42 Å². The van der Waals surface area contributed by atoms with Gasteiger partial charge in [-0.3, -0.25) is 9.35 Å². The van der Waals surface area contributed by atoms with Crippen molar-refractivity contribution in [1.29, 1.82) is 0 Å². The Labute approximate surface area is 484 Å².